The maximum Gasteiger partial charge on any atom is 0.410 e. The first-order valence-electron chi connectivity index (χ1n) is 10.5. The molecule has 1 heterocycles. The van der Waals surface area contributed by atoms with Crippen LogP contribution in [-0.2, 0) is 17.8 Å². The number of carbonyl (C=O) groups excluding carboxylic acids is 1. The molecule has 1 aromatic rings. The number of halogens is 1. The van der Waals surface area contributed by atoms with Gasteiger partial charge in [0, 0.05) is 40.3 Å². The van der Waals surface area contributed by atoms with Crippen molar-refractivity contribution < 1.29 is 9.53 Å². The van der Waals surface area contributed by atoms with Gasteiger partial charge in [-0.3, -0.25) is 9.89 Å². The molecule has 0 unspecified atom stereocenters. The van der Waals surface area contributed by atoms with Gasteiger partial charge < -0.3 is 20.3 Å². The van der Waals surface area contributed by atoms with Gasteiger partial charge >= 0.3 is 6.09 Å². The van der Waals surface area contributed by atoms with Gasteiger partial charge in [0.15, 0.2) is 5.96 Å². The van der Waals surface area contributed by atoms with Crippen LogP contribution in [0.2, 0.25) is 0 Å². The van der Waals surface area contributed by atoms with Crippen LogP contribution in [-0.4, -0.2) is 67.7 Å². The summed E-state index contributed by atoms with van der Waals surface area (Å²) in [6, 6.07) is 8.76. The molecule has 0 radical (unpaired) electrons. The number of nitrogens with one attached hydrogen (secondary N) is 2. The Morgan fingerprint density at radius 3 is 2.30 bits per heavy atom. The van der Waals surface area contributed by atoms with Gasteiger partial charge in [-0.1, -0.05) is 24.3 Å². The van der Waals surface area contributed by atoms with E-state index in [1.807, 2.05) is 20.8 Å². The number of hydrogen-bond acceptors (Lipinski definition) is 4. The Morgan fingerprint density at radius 2 is 1.73 bits per heavy atom. The second-order valence-electron chi connectivity index (χ2n) is 8.55. The van der Waals surface area contributed by atoms with Crippen LogP contribution in [0.25, 0.3) is 0 Å². The first-order valence-corrected chi connectivity index (χ1v) is 10.5. The van der Waals surface area contributed by atoms with E-state index in [1.54, 1.807) is 19.0 Å². The minimum atomic E-state index is -0.486. The number of ether oxygens (including phenoxy) is 1. The highest BCUT2D eigenvalue weighted by Gasteiger charge is 2.19. The molecule has 1 aliphatic rings. The van der Waals surface area contributed by atoms with Gasteiger partial charge in [-0.25, -0.2) is 4.79 Å². The Kier molecular flexibility index (Phi) is 11.5. The fraction of sp³-hybridized carbons (Fsp3) is 0.636. The van der Waals surface area contributed by atoms with Crippen molar-refractivity contribution in [1.29, 1.82) is 0 Å². The SMILES string of the molecule is CN=C(NCCN(C)C(=O)OC(C)(C)C)NCc1ccc(CN2CCCC2)cc1.I. The average molecular weight is 531 g/mol. The molecule has 30 heavy (non-hydrogen) atoms. The highest BCUT2D eigenvalue weighted by Crippen LogP contribution is 2.13. The van der Waals surface area contributed by atoms with Crippen LogP contribution in [0.15, 0.2) is 29.3 Å². The first-order chi connectivity index (χ1) is 13.8. The highest BCUT2D eigenvalue weighted by molar-refractivity contribution is 14.0. The second-order valence-corrected chi connectivity index (χ2v) is 8.55. The number of aliphatic imine (C=N–C) groups is 1. The van der Waals surface area contributed by atoms with E-state index in [9.17, 15) is 4.79 Å². The van der Waals surface area contributed by atoms with E-state index in [4.69, 9.17) is 4.74 Å². The maximum atomic E-state index is 12.0. The molecule has 8 heteroatoms. The molecule has 1 aliphatic heterocycles. The lowest BCUT2D eigenvalue weighted by Crippen LogP contribution is -2.42. The number of benzene rings is 1. The summed E-state index contributed by atoms with van der Waals surface area (Å²) in [4.78, 5) is 20.3. The van der Waals surface area contributed by atoms with E-state index in [0.29, 0.717) is 25.6 Å². The minimum absolute atomic E-state index is 0. The molecule has 1 fully saturated rings. The van der Waals surface area contributed by atoms with Gasteiger partial charge in [0.25, 0.3) is 0 Å². The Morgan fingerprint density at radius 1 is 1.13 bits per heavy atom. The van der Waals surface area contributed by atoms with Crippen LogP contribution < -0.4 is 10.6 Å². The molecule has 0 aliphatic carbocycles. The van der Waals surface area contributed by atoms with Crippen LogP contribution in [0.3, 0.4) is 0 Å². The molecule has 2 rings (SSSR count). The molecule has 7 nitrogen and oxygen atoms in total. The van der Waals surface area contributed by atoms with E-state index in [2.05, 4.69) is 44.8 Å². The lowest BCUT2D eigenvalue weighted by molar-refractivity contribution is 0.0302. The number of rotatable bonds is 7. The topological polar surface area (TPSA) is 69.2 Å². The fourth-order valence-corrected chi connectivity index (χ4v) is 3.14. The van der Waals surface area contributed by atoms with Crippen molar-refractivity contribution in [1.82, 2.24) is 20.4 Å². The zero-order chi connectivity index (χ0) is 21.3. The van der Waals surface area contributed by atoms with Crippen molar-refractivity contribution in [2.24, 2.45) is 4.99 Å². The number of likely N-dealkylation sites (tertiary alicyclic amines) is 1. The smallest absolute Gasteiger partial charge is 0.410 e. The number of guanidine groups is 1. The van der Waals surface area contributed by atoms with Crippen LogP contribution in [0, 0.1) is 0 Å². The summed E-state index contributed by atoms with van der Waals surface area (Å²) >= 11 is 0. The third-order valence-corrected chi connectivity index (χ3v) is 4.76. The third kappa shape index (κ3) is 9.97. The summed E-state index contributed by atoms with van der Waals surface area (Å²) in [5, 5.41) is 6.54. The standard InChI is InChI=1S/C22H37N5O2.HI/c1-22(2,3)29-21(28)26(5)15-12-24-20(23-4)25-16-18-8-10-19(11-9-18)17-27-13-6-7-14-27;/h8-11H,6-7,12-17H2,1-5H3,(H2,23,24,25);1H. The minimum Gasteiger partial charge on any atom is -0.444 e. The molecular weight excluding hydrogens is 493 g/mol. The number of nitrogens with zero attached hydrogens (tertiary/aromatic N) is 3. The molecular formula is C22H38IN5O2. The van der Waals surface area contributed by atoms with E-state index in [-0.39, 0.29) is 30.1 Å². The lowest BCUT2D eigenvalue weighted by Gasteiger charge is -2.24. The molecule has 2 N–H and O–H groups in total. The van der Waals surface area contributed by atoms with Crippen LogP contribution in [0.5, 0.6) is 0 Å². The predicted octanol–water partition coefficient (Wildman–Crippen LogP) is 3.43. The number of hydrogen-bond donors (Lipinski definition) is 2. The Bertz CT molecular complexity index is 667. The van der Waals surface area contributed by atoms with Crippen LogP contribution in [0.1, 0.15) is 44.7 Å². The summed E-state index contributed by atoms with van der Waals surface area (Å²) in [5.74, 6) is 0.712. The zero-order valence-electron chi connectivity index (χ0n) is 19.0. The van der Waals surface area contributed by atoms with Crippen molar-refractivity contribution in [3.63, 3.8) is 0 Å². The van der Waals surface area contributed by atoms with E-state index >= 15 is 0 Å². The molecule has 0 saturated carbocycles. The van der Waals surface area contributed by atoms with Gasteiger partial charge in [0.1, 0.15) is 5.60 Å². The van der Waals surface area contributed by atoms with E-state index < -0.39 is 5.60 Å². The number of amides is 1. The van der Waals surface area contributed by atoms with E-state index in [0.717, 1.165) is 6.54 Å². The van der Waals surface area contributed by atoms with Crippen LogP contribution >= 0.6 is 24.0 Å². The molecule has 0 atom stereocenters. The molecule has 1 amide bonds. The molecule has 1 saturated heterocycles. The van der Waals surface area contributed by atoms with E-state index in [1.165, 1.54) is 37.1 Å². The quantitative estimate of drug-likeness (QED) is 0.321. The summed E-state index contributed by atoms with van der Waals surface area (Å²) < 4.78 is 5.35. The van der Waals surface area contributed by atoms with Crippen molar-refractivity contribution in [2.75, 3.05) is 40.3 Å². The van der Waals surface area contributed by atoms with Crippen molar-refractivity contribution in [3.8, 4) is 0 Å². The molecule has 170 valence electrons. The number of likely N-dealkylation sites (N-methyl/N-ethyl adjacent to an activating group) is 1. The first kappa shape index (κ1) is 26.5. The largest absolute Gasteiger partial charge is 0.444 e. The third-order valence-electron chi connectivity index (χ3n) is 4.76. The Labute approximate surface area is 198 Å². The summed E-state index contributed by atoms with van der Waals surface area (Å²) in [7, 11) is 3.47. The summed E-state index contributed by atoms with van der Waals surface area (Å²) in [5.41, 5.74) is 2.09. The van der Waals surface area contributed by atoms with Crippen molar-refractivity contribution >= 4 is 36.0 Å². The lowest BCUT2D eigenvalue weighted by atomic mass is 10.1. The maximum absolute atomic E-state index is 12.0. The molecule has 1 aromatic carbocycles. The zero-order valence-corrected chi connectivity index (χ0v) is 21.4. The van der Waals surface area contributed by atoms with Gasteiger partial charge in [-0.05, 0) is 57.8 Å². The second kappa shape index (κ2) is 13.0. The molecule has 0 bridgehead atoms. The predicted molar refractivity (Wildman–Crippen MR) is 133 cm³/mol. The normalized spacial score (nSPS) is 14.8. The van der Waals surface area contributed by atoms with Gasteiger partial charge in [-0.15, -0.1) is 24.0 Å². The molecule has 0 aromatic heterocycles. The Hall–Kier alpha value is -1.55. The highest BCUT2D eigenvalue weighted by atomic mass is 127. The molecule has 0 spiro atoms. The monoisotopic (exact) mass is 531 g/mol. The average Bonchev–Trinajstić information content (AvgIpc) is 3.17. The number of carbonyl (C=O) groups is 1. The van der Waals surface area contributed by atoms with Gasteiger partial charge in [0.2, 0.25) is 0 Å². The summed E-state index contributed by atoms with van der Waals surface area (Å²) in [6.45, 7) is 10.9. The van der Waals surface area contributed by atoms with Crippen molar-refractivity contribution in [3.05, 3.63) is 35.4 Å². The van der Waals surface area contributed by atoms with Gasteiger partial charge in [0.05, 0.1) is 0 Å². The van der Waals surface area contributed by atoms with Crippen LogP contribution in [0.4, 0.5) is 4.79 Å². The Balaban J connectivity index is 0.00000450. The van der Waals surface area contributed by atoms with Crippen molar-refractivity contribution in [2.45, 2.75) is 52.3 Å². The summed E-state index contributed by atoms with van der Waals surface area (Å²) in [6.07, 6.45) is 2.32. The fourth-order valence-electron chi connectivity index (χ4n) is 3.14. The van der Waals surface area contributed by atoms with Gasteiger partial charge in [-0.2, -0.15) is 0 Å².